The highest BCUT2D eigenvalue weighted by Gasteiger charge is 2.26. The molecule has 0 spiro atoms. The van der Waals surface area contributed by atoms with E-state index in [0.29, 0.717) is 6.04 Å². The van der Waals surface area contributed by atoms with Gasteiger partial charge in [-0.1, -0.05) is 63.1 Å². The molecule has 1 aromatic carbocycles. The van der Waals surface area contributed by atoms with Crippen molar-refractivity contribution in [3.05, 3.63) is 66.8 Å². The summed E-state index contributed by atoms with van der Waals surface area (Å²) in [5.41, 5.74) is 5.36. The van der Waals surface area contributed by atoms with Gasteiger partial charge in [-0.05, 0) is 62.7 Å². The second kappa shape index (κ2) is 11.9. The Morgan fingerprint density at radius 3 is 2.68 bits per heavy atom. The van der Waals surface area contributed by atoms with Crippen molar-refractivity contribution in [3.8, 4) is 0 Å². The van der Waals surface area contributed by atoms with Crippen LogP contribution in [0.5, 0.6) is 0 Å². The molecule has 0 aliphatic carbocycles. The number of fused-ring (bicyclic) bond motifs is 1. The van der Waals surface area contributed by atoms with Gasteiger partial charge in [0.1, 0.15) is 0 Å². The zero-order valence-electron chi connectivity index (χ0n) is 18.2. The van der Waals surface area contributed by atoms with E-state index in [2.05, 4.69) is 61.2 Å². The minimum atomic E-state index is 0.337. The average molecular weight is 381 g/mol. The first-order valence-corrected chi connectivity index (χ1v) is 11.1. The molecular formula is C26H40N2. The second-order valence-corrected chi connectivity index (χ2v) is 8.15. The fourth-order valence-electron chi connectivity index (χ4n) is 4.31. The molecule has 1 aliphatic heterocycles. The van der Waals surface area contributed by atoms with E-state index in [-0.39, 0.29) is 0 Å². The predicted molar refractivity (Wildman–Crippen MR) is 124 cm³/mol. The molecule has 1 aliphatic rings. The molecule has 0 saturated heterocycles. The van der Waals surface area contributed by atoms with Crippen molar-refractivity contribution in [3.63, 3.8) is 0 Å². The molecule has 2 nitrogen and oxygen atoms in total. The van der Waals surface area contributed by atoms with Gasteiger partial charge in [-0.25, -0.2) is 0 Å². The van der Waals surface area contributed by atoms with Gasteiger partial charge in [0.25, 0.3) is 0 Å². The van der Waals surface area contributed by atoms with E-state index < -0.39 is 0 Å². The third kappa shape index (κ3) is 6.10. The van der Waals surface area contributed by atoms with Crippen molar-refractivity contribution in [1.29, 1.82) is 0 Å². The fraction of sp³-hybridized carbons (Fsp3) is 0.538. The Hall–Kier alpha value is -1.80. The van der Waals surface area contributed by atoms with Crippen LogP contribution in [-0.4, -0.2) is 24.5 Å². The summed E-state index contributed by atoms with van der Waals surface area (Å²) in [7, 11) is 2.04. The zero-order chi connectivity index (χ0) is 20.4. The molecule has 1 N–H and O–H groups in total. The highest BCUT2D eigenvalue weighted by Crippen LogP contribution is 2.35. The molecule has 154 valence electrons. The minimum Gasteiger partial charge on any atom is -0.361 e. The second-order valence-electron chi connectivity index (χ2n) is 8.15. The number of unbranched alkanes of at least 4 members (excludes halogenated alkanes) is 1. The number of rotatable bonds is 14. The Bertz CT molecular complexity index is 646. The summed E-state index contributed by atoms with van der Waals surface area (Å²) < 4.78 is 0. The van der Waals surface area contributed by atoms with Crippen LogP contribution in [0.3, 0.4) is 0 Å². The molecule has 0 saturated carbocycles. The molecule has 0 bridgehead atoms. The van der Waals surface area contributed by atoms with Crippen LogP contribution >= 0.6 is 0 Å². The van der Waals surface area contributed by atoms with Crippen LogP contribution in [-0.2, 0) is 13.0 Å². The highest BCUT2D eigenvalue weighted by molar-refractivity contribution is 5.69. The number of aryl methyl sites for hydroxylation is 1. The lowest BCUT2D eigenvalue weighted by molar-refractivity contribution is 0.334. The van der Waals surface area contributed by atoms with Crippen LogP contribution in [0.4, 0.5) is 0 Å². The molecular weight excluding hydrogens is 340 g/mol. The predicted octanol–water partition coefficient (Wildman–Crippen LogP) is 6.34. The summed E-state index contributed by atoms with van der Waals surface area (Å²) in [4.78, 5) is 2.40. The number of hydrogen-bond acceptors (Lipinski definition) is 2. The molecule has 0 amide bonds. The Morgan fingerprint density at radius 1 is 1.18 bits per heavy atom. The molecule has 2 atom stereocenters. The van der Waals surface area contributed by atoms with Crippen molar-refractivity contribution >= 4 is 5.70 Å². The zero-order valence-corrected chi connectivity index (χ0v) is 18.2. The average Bonchev–Trinajstić information content (AvgIpc) is 3.04. The molecule has 0 aromatic heterocycles. The normalized spacial score (nSPS) is 15.4. The first-order chi connectivity index (χ1) is 13.6. The molecule has 2 rings (SSSR count). The summed E-state index contributed by atoms with van der Waals surface area (Å²) in [6, 6.07) is 7.35. The number of hydrogen-bond donors (Lipinski definition) is 1. The first-order valence-electron chi connectivity index (χ1n) is 11.1. The van der Waals surface area contributed by atoms with Crippen LogP contribution in [0.1, 0.15) is 68.6 Å². The Labute approximate surface area is 173 Å². The van der Waals surface area contributed by atoms with Crippen molar-refractivity contribution in [2.24, 2.45) is 5.92 Å². The van der Waals surface area contributed by atoms with Crippen LogP contribution in [0, 0.1) is 5.92 Å². The molecule has 2 unspecified atom stereocenters. The molecule has 1 heterocycles. The summed E-state index contributed by atoms with van der Waals surface area (Å²) >= 11 is 0. The SMILES string of the molecule is C=CCCC(C=C)N1Cc2cc(CCC(CC)CCCCNC)ccc2C1=C. The van der Waals surface area contributed by atoms with E-state index in [1.807, 2.05) is 13.1 Å². The van der Waals surface area contributed by atoms with Crippen LogP contribution in [0.15, 0.2) is 50.1 Å². The quantitative estimate of drug-likeness (QED) is 0.299. The number of nitrogens with zero attached hydrogens (tertiary/aromatic N) is 1. The molecule has 0 radical (unpaired) electrons. The van der Waals surface area contributed by atoms with Crippen LogP contribution in [0.2, 0.25) is 0 Å². The lowest BCUT2D eigenvalue weighted by atomic mass is 9.91. The molecule has 28 heavy (non-hydrogen) atoms. The van der Waals surface area contributed by atoms with Gasteiger partial charge in [-0.15, -0.1) is 13.2 Å². The minimum absolute atomic E-state index is 0.337. The molecule has 2 heteroatoms. The van der Waals surface area contributed by atoms with E-state index in [4.69, 9.17) is 0 Å². The van der Waals surface area contributed by atoms with Gasteiger partial charge < -0.3 is 10.2 Å². The van der Waals surface area contributed by atoms with Crippen molar-refractivity contribution < 1.29 is 0 Å². The van der Waals surface area contributed by atoms with E-state index in [0.717, 1.165) is 37.5 Å². The Morgan fingerprint density at radius 2 is 2.00 bits per heavy atom. The highest BCUT2D eigenvalue weighted by atomic mass is 15.2. The van der Waals surface area contributed by atoms with Gasteiger partial charge in [0.15, 0.2) is 0 Å². The first kappa shape index (κ1) is 22.5. The van der Waals surface area contributed by atoms with Gasteiger partial charge in [0, 0.05) is 23.8 Å². The topological polar surface area (TPSA) is 15.3 Å². The third-order valence-electron chi connectivity index (χ3n) is 6.21. The lowest BCUT2D eigenvalue weighted by Crippen LogP contribution is -2.27. The lowest BCUT2D eigenvalue weighted by Gasteiger charge is -2.27. The maximum Gasteiger partial charge on any atom is 0.0477 e. The monoisotopic (exact) mass is 380 g/mol. The van der Waals surface area contributed by atoms with Crippen LogP contribution in [0.25, 0.3) is 5.70 Å². The number of nitrogens with one attached hydrogen (secondary N) is 1. The number of allylic oxidation sites excluding steroid dienone is 1. The van der Waals surface area contributed by atoms with Gasteiger partial charge in [-0.2, -0.15) is 0 Å². The van der Waals surface area contributed by atoms with E-state index in [9.17, 15) is 0 Å². The van der Waals surface area contributed by atoms with E-state index >= 15 is 0 Å². The third-order valence-corrected chi connectivity index (χ3v) is 6.21. The summed E-state index contributed by atoms with van der Waals surface area (Å²) in [5, 5.41) is 3.25. The van der Waals surface area contributed by atoms with Crippen molar-refractivity contribution in [1.82, 2.24) is 10.2 Å². The Balaban J connectivity index is 1.94. The van der Waals surface area contributed by atoms with Gasteiger partial charge in [0.2, 0.25) is 0 Å². The summed E-state index contributed by atoms with van der Waals surface area (Å²) in [6.45, 7) is 16.7. The van der Waals surface area contributed by atoms with Gasteiger partial charge in [-0.3, -0.25) is 0 Å². The smallest absolute Gasteiger partial charge is 0.0477 e. The maximum absolute atomic E-state index is 4.37. The number of benzene rings is 1. The maximum atomic E-state index is 4.37. The van der Waals surface area contributed by atoms with Gasteiger partial charge >= 0.3 is 0 Å². The Kier molecular flexibility index (Phi) is 9.57. The van der Waals surface area contributed by atoms with Crippen LogP contribution < -0.4 is 5.32 Å². The summed E-state index contributed by atoms with van der Waals surface area (Å²) in [5.74, 6) is 0.848. The summed E-state index contributed by atoms with van der Waals surface area (Å²) in [6.07, 6.45) is 13.9. The molecule has 0 fully saturated rings. The molecule has 1 aromatic rings. The van der Waals surface area contributed by atoms with Crippen molar-refractivity contribution in [2.45, 2.75) is 70.9 Å². The van der Waals surface area contributed by atoms with Crippen molar-refractivity contribution in [2.75, 3.05) is 13.6 Å². The van der Waals surface area contributed by atoms with Gasteiger partial charge in [0.05, 0.1) is 0 Å². The van der Waals surface area contributed by atoms with E-state index in [1.165, 1.54) is 55.2 Å². The largest absolute Gasteiger partial charge is 0.361 e. The van der Waals surface area contributed by atoms with E-state index in [1.54, 1.807) is 0 Å². The standard InChI is InChI=1S/C26H40N2/c1-6-9-13-25(8-3)28-20-24-19-23(16-17-26(24)21(28)4)15-14-22(7-2)12-10-11-18-27-5/h6,8,16-17,19,22,25,27H,1,3-4,7,9-15,18,20H2,2,5H3. The fourth-order valence-corrected chi connectivity index (χ4v) is 4.31.